The molecular weight excluding hydrogens is 476 g/mol. The van der Waals surface area contributed by atoms with Crippen LogP contribution in [0.15, 0.2) is 42.5 Å². The molecule has 0 amide bonds. The van der Waals surface area contributed by atoms with Crippen molar-refractivity contribution in [2.45, 2.75) is 88.9 Å². The summed E-state index contributed by atoms with van der Waals surface area (Å²) in [6.07, 6.45) is 3.29. The number of methoxy groups -OCH3 is 3. The zero-order chi connectivity index (χ0) is 27.2. The molecule has 1 fully saturated rings. The van der Waals surface area contributed by atoms with E-state index in [1.807, 2.05) is 56.3 Å². The van der Waals surface area contributed by atoms with Gasteiger partial charge in [0.15, 0.2) is 0 Å². The Morgan fingerprint density at radius 3 is 2.24 bits per heavy atom. The zero-order valence-corrected chi connectivity index (χ0v) is 22.9. The predicted molar refractivity (Wildman–Crippen MR) is 139 cm³/mol. The molecule has 1 aromatic rings. The van der Waals surface area contributed by atoms with Gasteiger partial charge >= 0.3 is 5.97 Å². The van der Waals surface area contributed by atoms with Crippen LogP contribution in [0, 0.1) is 17.8 Å². The van der Waals surface area contributed by atoms with Crippen LogP contribution >= 0.6 is 0 Å². The Balaban J connectivity index is 2.01. The molecule has 2 aliphatic heterocycles. The second-order valence-electron chi connectivity index (χ2n) is 10.4. The maximum atomic E-state index is 13.5. The summed E-state index contributed by atoms with van der Waals surface area (Å²) in [5.41, 5.74) is 0.880. The van der Waals surface area contributed by atoms with Crippen LogP contribution in [0.1, 0.15) is 58.1 Å². The van der Waals surface area contributed by atoms with Crippen molar-refractivity contribution in [1.82, 2.24) is 0 Å². The number of carbonyl (C=O) groups excluding carboxylic acids is 1. The molecule has 0 saturated carbocycles. The van der Waals surface area contributed by atoms with Gasteiger partial charge in [0.2, 0.25) is 5.79 Å². The zero-order valence-electron chi connectivity index (χ0n) is 22.9. The third-order valence-electron chi connectivity index (χ3n) is 8.03. The molecule has 0 radical (unpaired) electrons. The van der Waals surface area contributed by atoms with E-state index in [1.54, 1.807) is 21.1 Å². The smallest absolute Gasteiger partial charge is 0.314 e. The summed E-state index contributed by atoms with van der Waals surface area (Å²) < 4.78 is 29.3. The molecule has 2 heterocycles. The first-order valence-electron chi connectivity index (χ1n) is 13.3. The van der Waals surface area contributed by atoms with Gasteiger partial charge in [0.25, 0.3) is 0 Å². The second kappa shape index (κ2) is 13.3. The number of benzene rings is 1. The van der Waals surface area contributed by atoms with Gasteiger partial charge in [0.1, 0.15) is 24.2 Å². The fourth-order valence-corrected chi connectivity index (χ4v) is 5.56. The predicted octanol–water partition coefficient (Wildman–Crippen LogP) is 3.80. The van der Waals surface area contributed by atoms with Gasteiger partial charge in [-0.2, -0.15) is 0 Å². The molecule has 1 unspecified atom stereocenters. The lowest BCUT2D eigenvalue weighted by molar-refractivity contribution is -0.360. The van der Waals surface area contributed by atoms with Gasteiger partial charge in [-0.25, -0.2) is 0 Å². The highest BCUT2D eigenvalue weighted by Gasteiger charge is 2.58. The van der Waals surface area contributed by atoms with E-state index < -0.39 is 42.1 Å². The van der Waals surface area contributed by atoms with Crippen LogP contribution in [0.3, 0.4) is 0 Å². The molecule has 2 aliphatic rings. The first kappa shape index (κ1) is 29.7. The average molecular weight is 521 g/mol. The molecule has 0 aromatic heterocycles. The largest absolute Gasteiger partial charge is 0.457 e. The number of esters is 1. The maximum absolute atomic E-state index is 13.5. The van der Waals surface area contributed by atoms with Gasteiger partial charge in [-0.05, 0) is 31.7 Å². The van der Waals surface area contributed by atoms with Crippen molar-refractivity contribution in [1.29, 1.82) is 0 Å². The van der Waals surface area contributed by atoms with Gasteiger partial charge in [0.05, 0.1) is 18.3 Å². The molecule has 37 heavy (non-hydrogen) atoms. The molecule has 0 aliphatic carbocycles. The van der Waals surface area contributed by atoms with Crippen LogP contribution in [0.4, 0.5) is 0 Å². The van der Waals surface area contributed by atoms with Crippen molar-refractivity contribution >= 4 is 5.97 Å². The minimum atomic E-state index is -2.08. The van der Waals surface area contributed by atoms with Gasteiger partial charge < -0.3 is 33.9 Å². The molecule has 8 nitrogen and oxygen atoms in total. The van der Waals surface area contributed by atoms with Crippen LogP contribution in [0.25, 0.3) is 0 Å². The van der Waals surface area contributed by atoms with E-state index in [2.05, 4.69) is 0 Å². The third-order valence-corrected chi connectivity index (χ3v) is 8.03. The first-order chi connectivity index (χ1) is 17.7. The van der Waals surface area contributed by atoms with Crippen molar-refractivity contribution in [3.8, 4) is 0 Å². The Morgan fingerprint density at radius 2 is 1.62 bits per heavy atom. The molecule has 8 heteroatoms. The monoisotopic (exact) mass is 520 g/mol. The van der Waals surface area contributed by atoms with E-state index in [9.17, 15) is 15.0 Å². The number of cyclic esters (lactones) is 1. The molecule has 3 rings (SSSR count). The van der Waals surface area contributed by atoms with Gasteiger partial charge in [-0.3, -0.25) is 4.79 Å². The van der Waals surface area contributed by atoms with Gasteiger partial charge in [0, 0.05) is 33.2 Å². The topological polar surface area (TPSA) is 104 Å². The van der Waals surface area contributed by atoms with Crippen molar-refractivity contribution in [3.05, 3.63) is 48.0 Å². The Kier molecular flexibility index (Phi) is 10.7. The Bertz CT molecular complexity index is 876. The van der Waals surface area contributed by atoms with Crippen LogP contribution in [0.2, 0.25) is 0 Å². The Labute approximate surface area is 220 Å². The SMILES string of the molecule is CO[C@H]1CCCC[C@@H](c2ccccc2)OC(=O)[C@@H](C)[C@@]2(O)OC([C@@H](C)[C@H](O)[C@H]2OC)[C@@H](C)/C=C/[C@H]1OC. The molecular formula is C29H44O8. The maximum Gasteiger partial charge on any atom is 0.314 e. The normalized spacial score (nSPS) is 41.1. The highest BCUT2D eigenvalue weighted by Crippen LogP contribution is 2.42. The number of ether oxygens (including phenoxy) is 5. The fraction of sp³-hybridized carbons (Fsp3) is 0.690. The molecule has 2 bridgehead atoms. The number of rotatable bonds is 4. The van der Waals surface area contributed by atoms with Crippen molar-refractivity contribution in [2.75, 3.05) is 21.3 Å². The summed E-state index contributed by atoms with van der Waals surface area (Å²) in [6.45, 7) is 5.36. The van der Waals surface area contributed by atoms with E-state index in [4.69, 9.17) is 23.7 Å². The van der Waals surface area contributed by atoms with Crippen molar-refractivity contribution in [2.24, 2.45) is 17.8 Å². The van der Waals surface area contributed by atoms with Gasteiger partial charge in [-0.15, -0.1) is 0 Å². The fourth-order valence-electron chi connectivity index (χ4n) is 5.56. The highest BCUT2D eigenvalue weighted by molar-refractivity contribution is 5.73. The van der Waals surface area contributed by atoms with E-state index >= 15 is 0 Å². The third kappa shape index (κ3) is 6.61. The number of fused-ring (bicyclic) bond motifs is 2. The van der Waals surface area contributed by atoms with E-state index in [0.717, 1.165) is 24.8 Å². The lowest BCUT2D eigenvalue weighted by Gasteiger charge is -2.51. The molecule has 208 valence electrons. The van der Waals surface area contributed by atoms with Gasteiger partial charge in [-0.1, -0.05) is 62.8 Å². The minimum Gasteiger partial charge on any atom is -0.457 e. The molecule has 10 atom stereocenters. The number of hydrogen-bond donors (Lipinski definition) is 2. The van der Waals surface area contributed by atoms with Crippen molar-refractivity contribution in [3.63, 3.8) is 0 Å². The lowest BCUT2D eigenvalue weighted by atomic mass is 9.78. The van der Waals surface area contributed by atoms with E-state index in [0.29, 0.717) is 6.42 Å². The quantitative estimate of drug-likeness (QED) is 0.456. The van der Waals surface area contributed by atoms with E-state index in [-0.39, 0.29) is 24.0 Å². The summed E-state index contributed by atoms with van der Waals surface area (Å²) in [6, 6.07) is 9.58. The van der Waals surface area contributed by atoms with Crippen LogP contribution in [-0.4, -0.2) is 73.8 Å². The Morgan fingerprint density at radius 1 is 0.946 bits per heavy atom. The highest BCUT2D eigenvalue weighted by atomic mass is 16.7. The molecule has 1 aromatic carbocycles. The summed E-state index contributed by atoms with van der Waals surface area (Å²) in [7, 11) is 4.72. The number of aliphatic hydroxyl groups is 2. The van der Waals surface area contributed by atoms with Crippen LogP contribution in [-0.2, 0) is 28.5 Å². The summed E-state index contributed by atoms with van der Waals surface area (Å²) in [5, 5.41) is 22.9. The number of aliphatic hydroxyl groups excluding tert-OH is 1. The number of carbonyl (C=O) groups is 1. The lowest BCUT2D eigenvalue weighted by Crippen LogP contribution is -2.66. The second-order valence-corrected chi connectivity index (χ2v) is 10.4. The summed E-state index contributed by atoms with van der Waals surface area (Å²) >= 11 is 0. The molecule has 2 N–H and O–H groups in total. The summed E-state index contributed by atoms with van der Waals surface area (Å²) in [5.74, 6) is -4.38. The summed E-state index contributed by atoms with van der Waals surface area (Å²) in [4.78, 5) is 13.5. The standard InChI is InChI=1S/C29H44O8/c1-18-16-17-24(34-5)23(33-4)15-11-10-14-22(21-12-8-7-9-13-21)36-28(31)20(3)29(32)27(35-6)25(30)19(2)26(18)37-29/h7-9,12-13,16-20,22-27,30,32H,10-11,14-15H2,1-6H3/b17-16+/t18-,19-,20+,22-,23-,24+,25-,26?,27+,29+/m0/s1. The minimum absolute atomic E-state index is 0.149. The van der Waals surface area contributed by atoms with Crippen LogP contribution in [0.5, 0.6) is 0 Å². The van der Waals surface area contributed by atoms with Crippen molar-refractivity contribution < 1.29 is 38.7 Å². The molecule has 0 spiro atoms. The molecule has 1 saturated heterocycles. The average Bonchev–Trinajstić information content (AvgIpc) is 2.90. The number of hydrogen-bond acceptors (Lipinski definition) is 8. The first-order valence-corrected chi connectivity index (χ1v) is 13.3. The van der Waals surface area contributed by atoms with Crippen LogP contribution < -0.4 is 0 Å². The van der Waals surface area contributed by atoms with E-state index in [1.165, 1.54) is 7.11 Å². The Hall–Kier alpha value is -1.81.